The van der Waals surface area contributed by atoms with E-state index in [2.05, 4.69) is 26.3 Å². The molecule has 0 saturated heterocycles. The summed E-state index contributed by atoms with van der Waals surface area (Å²) in [7, 11) is 0. The Morgan fingerprint density at radius 2 is 1.83 bits per heavy atom. The van der Waals surface area contributed by atoms with Gasteiger partial charge in [0, 0.05) is 4.47 Å². The number of nitrogens with zero attached hydrogens (tertiary/aromatic N) is 2. The summed E-state index contributed by atoms with van der Waals surface area (Å²) in [6, 6.07) is 17.4. The van der Waals surface area contributed by atoms with Crippen molar-refractivity contribution in [1.82, 2.24) is 15.1 Å². The number of aryl methyl sites for hydroxylation is 1. The van der Waals surface area contributed by atoms with E-state index in [9.17, 15) is 14.7 Å². The Balaban J connectivity index is 1.88. The van der Waals surface area contributed by atoms with Crippen molar-refractivity contribution in [2.75, 3.05) is 0 Å². The van der Waals surface area contributed by atoms with Crippen molar-refractivity contribution in [3.8, 4) is 5.69 Å². The van der Waals surface area contributed by atoms with Crippen LogP contribution in [0, 0.1) is 6.92 Å². The smallest absolute Gasteiger partial charge is 0.270 e. The van der Waals surface area contributed by atoms with Crippen molar-refractivity contribution >= 4 is 27.7 Å². The van der Waals surface area contributed by atoms with Crippen molar-refractivity contribution in [3.63, 3.8) is 0 Å². The molecule has 2 aromatic carbocycles. The van der Waals surface area contributed by atoms with Crippen molar-refractivity contribution in [3.05, 3.63) is 82.1 Å². The number of benzene rings is 2. The molecule has 7 nitrogen and oxygen atoms in total. The third kappa shape index (κ3) is 5.10. The van der Waals surface area contributed by atoms with Gasteiger partial charge in [-0.15, -0.1) is 0 Å². The Labute approximate surface area is 176 Å². The number of nitrogens with two attached hydrogens (primary N) is 1. The van der Waals surface area contributed by atoms with Gasteiger partial charge < -0.3 is 16.2 Å². The lowest BCUT2D eigenvalue weighted by atomic mass is 10.0. The number of amides is 2. The quantitative estimate of drug-likeness (QED) is 0.505. The van der Waals surface area contributed by atoms with E-state index in [0.29, 0.717) is 17.1 Å². The van der Waals surface area contributed by atoms with E-state index >= 15 is 0 Å². The van der Waals surface area contributed by atoms with E-state index in [4.69, 9.17) is 5.73 Å². The predicted octanol–water partition coefficient (Wildman–Crippen LogP) is 2.13. The van der Waals surface area contributed by atoms with Crippen LogP contribution in [0.1, 0.15) is 21.7 Å². The van der Waals surface area contributed by atoms with Gasteiger partial charge in [0.05, 0.1) is 17.4 Å². The van der Waals surface area contributed by atoms with E-state index < -0.39 is 24.0 Å². The molecule has 3 rings (SSSR count). The average molecular weight is 457 g/mol. The molecule has 8 heteroatoms. The number of rotatable bonds is 7. The van der Waals surface area contributed by atoms with E-state index in [-0.39, 0.29) is 6.42 Å². The SMILES string of the molecule is Cc1cc(C(=O)NC(Cc2ccccc2)C(O)C(N)=O)n(-c2ccc(Br)cc2)n1. The average Bonchev–Trinajstić information content (AvgIpc) is 3.10. The number of hydrogen-bond acceptors (Lipinski definition) is 4. The maximum atomic E-state index is 13.0. The second kappa shape index (κ2) is 9.02. The molecular weight excluding hydrogens is 436 g/mol. The van der Waals surface area contributed by atoms with Crippen molar-refractivity contribution < 1.29 is 14.7 Å². The first-order valence-corrected chi connectivity index (χ1v) is 9.79. The zero-order valence-corrected chi connectivity index (χ0v) is 17.3. The Hall–Kier alpha value is -2.97. The fourth-order valence-corrected chi connectivity index (χ4v) is 3.25. The summed E-state index contributed by atoms with van der Waals surface area (Å²) in [5.41, 5.74) is 7.80. The van der Waals surface area contributed by atoms with Crippen LogP contribution in [0.15, 0.2) is 65.1 Å². The van der Waals surface area contributed by atoms with Gasteiger partial charge in [-0.25, -0.2) is 4.68 Å². The number of aliphatic hydroxyl groups is 1. The third-order valence-corrected chi connectivity index (χ3v) is 4.95. The van der Waals surface area contributed by atoms with Gasteiger partial charge in [0.2, 0.25) is 5.91 Å². The number of aromatic nitrogens is 2. The molecule has 0 radical (unpaired) electrons. The van der Waals surface area contributed by atoms with Gasteiger partial charge in [-0.1, -0.05) is 46.3 Å². The highest BCUT2D eigenvalue weighted by Crippen LogP contribution is 2.17. The monoisotopic (exact) mass is 456 g/mol. The maximum Gasteiger partial charge on any atom is 0.270 e. The summed E-state index contributed by atoms with van der Waals surface area (Å²) in [6.45, 7) is 1.78. The second-order valence-corrected chi connectivity index (χ2v) is 7.59. The van der Waals surface area contributed by atoms with Gasteiger partial charge in [-0.05, 0) is 49.2 Å². The highest BCUT2D eigenvalue weighted by atomic mass is 79.9. The standard InChI is InChI=1S/C21H21BrN4O3/c1-13-11-18(26(25-13)16-9-7-15(22)8-10-16)21(29)24-17(19(27)20(23)28)12-14-5-3-2-4-6-14/h2-11,17,19,27H,12H2,1H3,(H2,23,28)(H,24,29). The molecule has 29 heavy (non-hydrogen) atoms. The molecule has 0 aliphatic heterocycles. The molecule has 0 aliphatic carbocycles. The van der Waals surface area contributed by atoms with Crippen LogP contribution in [0.5, 0.6) is 0 Å². The maximum absolute atomic E-state index is 13.0. The highest BCUT2D eigenvalue weighted by molar-refractivity contribution is 9.10. The topological polar surface area (TPSA) is 110 Å². The van der Waals surface area contributed by atoms with Crippen LogP contribution in [0.3, 0.4) is 0 Å². The molecule has 1 aromatic heterocycles. The normalized spacial score (nSPS) is 12.9. The number of halogens is 1. The van der Waals surface area contributed by atoms with Crippen LogP contribution in [0.25, 0.3) is 5.69 Å². The van der Waals surface area contributed by atoms with Gasteiger partial charge in [0.15, 0.2) is 6.10 Å². The third-order valence-electron chi connectivity index (χ3n) is 4.42. The first-order valence-electron chi connectivity index (χ1n) is 9.00. The molecule has 2 unspecified atom stereocenters. The van der Waals surface area contributed by atoms with Crippen molar-refractivity contribution in [1.29, 1.82) is 0 Å². The molecule has 3 aromatic rings. The predicted molar refractivity (Wildman–Crippen MR) is 113 cm³/mol. The molecule has 0 saturated carbocycles. The minimum Gasteiger partial charge on any atom is -0.381 e. The Morgan fingerprint density at radius 1 is 1.17 bits per heavy atom. The van der Waals surface area contributed by atoms with Gasteiger partial charge >= 0.3 is 0 Å². The lowest BCUT2D eigenvalue weighted by molar-refractivity contribution is -0.127. The molecule has 0 aliphatic rings. The first-order chi connectivity index (χ1) is 13.8. The zero-order valence-electron chi connectivity index (χ0n) is 15.7. The van der Waals surface area contributed by atoms with E-state index in [1.807, 2.05) is 54.6 Å². The summed E-state index contributed by atoms with van der Waals surface area (Å²) in [4.78, 5) is 24.6. The van der Waals surface area contributed by atoms with Crippen LogP contribution in [-0.4, -0.2) is 38.8 Å². The van der Waals surface area contributed by atoms with Crippen molar-refractivity contribution in [2.45, 2.75) is 25.5 Å². The number of carbonyl (C=O) groups excluding carboxylic acids is 2. The fourth-order valence-electron chi connectivity index (χ4n) is 2.99. The van der Waals surface area contributed by atoms with Gasteiger partial charge in [0.1, 0.15) is 5.69 Å². The largest absolute Gasteiger partial charge is 0.381 e. The number of hydrogen-bond donors (Lipinski definition) is 3. The lowest BCUT2D eigenvalue weighted by Crippen LogP contribution is -2.50. The minimum absolute atomic E-state index is 0.252. The Morgan fingerprint density at radius 3 is 2.45 bits per heavy atom. The lowest BCUT2D eigenvalue weighted by Gasteiger charge is -2.22. The van der Waals surface area contributed by atoms with Crippen molar-refractivity contribution in [2.24, 2.45) is 5.73 Å². The minimum atomic E-state index is -1.52. The first kappa shape index (κ1) is 20.8. The van der Waals surface area contributed by atoms with Crippen LogP contribution >= 0.6 is 15.9 Å². The van der Waals surface area contributed by atoms with Crippen LogP contribution in [0.4, 0.5) is 0 Å². The zero-order chi connectivity index (χ0) is 21.0. The second-order valence-electron chi connectivity index (χ2n) is 6.68. The molecule has 150 valence electrons. The number of nitrogens with one attached hydrogen (secondary N) is 1. The summed E-state index contributed by atoms with van der Waals surface area (Å²) in [5, 5.41) is 17.4. The molecule has 1 heterocycles. The van der Waals surface area contributed by atoms with E-state index in [0.717, 1.165) is 10.0 Å². The summed E-state index contributed by atoms with van der Waals surface area (Å²) >= 11 is 3.38. The molecule has 0 spiro atoms. The summed E-state index contributed by atoms with van der Waals surface area (Å²) < 4.78 is 2.43. The van der Waals surface area contributed by atoms with Gasteiger partial charge in [-0.3, -0.25) is 9.59 Å². The number of primary amides is 1. The Kier molecular flexibility index (Phi) is 6.46. The van der Waals surface area contributed by atoms with Crippen LogP contribution in [0.2, 0.25) is 0 Å². The molecular formula is C21H21BrN4O3. The van der Waals surface area contributed by atoms with E-state index in [1.54, 1.807) is 13.0 Å². The highest BCUT2D eigenvalue weighted by Gasteiger charge is 2.28. The molecule has 4 N–H and O–H groups in total. The summed E-state index contributed by atoms with van der Waals surface area (Å²) in [6.07, 6.45) is -1.27. The van der Waals surface area contributed by atoms with Gasteiger partial charge in [0.25, 0.3) is 5.91 Å². The molecule has 0 fully saturated rings. The van der Waals surface area contributed by atoms with Crippen LogP contribution < -0.4 is 11.1 Å². The molecule has 2 atom stereocenters. The Bertz CT molecular complexity index is 1000. The summed E-state index contributed by atoms with van der Waals surface area (Å²) in [5.74, 6) is -1.36. The fraction of sp³-hybridized carbons (Fsp3) is 0.190. The number of carbonyl (C=O) groups is 2. The molecule has 2 amide bonds. The molecule has 0 bridgehead atoms. The van der Waals surface area contributed by atoms with Gasteiger partial charge in [-0.2, -0.15) is 5.10 Å². The van der Waals surface area contributed by atoms with Crippen LogP contribution in [-0.2, 0) is 11.2 Å². The number of aliphatic hydroxyl groups excluding tert-OH is 1. The van der Waals surface area contributed by atoms with E-state index in [1.165, 1.54) is 4.68 Å².